The van der Waals surface area contributed by atoms with E-state index in [1.807, 2.05) is 36.4 Å². The molecule has 33 heavy (non-hydrogen) atoms. The van der Waals surface area contributed by atoms with Crippen LogP contribution in [-0.4, -0.2) is 5.16 Å². The number of aryl methyl sites for hydroxylation is 1. The van der Waals surface area contributed by atoms with E-state index in [0.29, 0.717) is 12.0 Å². The van der Waals surface area contributed by atoms with Gasteiger partial charge in [-0.25, -0.2) is 8.78 Å². The topological polar surface area (TPSA) is 12.4 Å². The van der Waals surface area contributed by atoms with Gasteiger partial charge in [0.05, 0.1) is 10.7 Å². The van der Waals surface area contributed by atoms with Gasteiger partial charge in [0.1, 0.15) is 17.3 Å². The third kappa shape index (κ3) is 5.52. The van der Waals surface area contributed by atoms with Crippen LogP contribution in [0.15, 0.2) is 65.2 Å². The van der Waals surface area contributed by atoms with E-state index in [9.17, 15) is 8.78 Å². The molecule has 0 spiro atoms. The van der Waals surface area contributed by atoms with Gasteiger partial charge >= 0.3 is 0 Å². The number of isothiocyanates is 1. The molecule has 1 aliphatic carbocycles. The molecule has 4 rings (SSSR count). The van der Waals surface area contributed by atoms with Crippen LogP contribution in [0.5, 0.6) is 0 Å². The summed E-state index contributed by atoms with van der Waals surface area (Å²) in [6.07, 6.45) is 6.98. The van der Waals surface area contributed by atoms with E-state index in [1.54, 1.807) is 18.2 Å². The second-order valence-corrected chi connectivity index (χ2v) is 8.33. The van der Waals surface area contributed by atoms with Gasteiger partial charge in [0, 0.05) is 12.0 Å². The molecule has 0 atom stereocenters. The number of allylic oxidation sites excluding steroid dienone is 1. The number of unbranched alkanes of at least 4 members (excludes halogenated alkanes) is 2. The van der Waals surface area contributed by atoms with Crippen molar-refractivity contribution in [1.29, 1.82) is 0 Å². The lowest BCUT2D eigenvalue weighted by atomic mass is 9.99. The van der Waals surface area contributed by atoms with Gasteiger partial charge in [-0.1, -0.05) is 61.9 Å². The summed E-state index contributed by atoms with van der Waals surface area (Å²) in [7, 11) is 0. The van der Waals surface area contributed by atoms with Crippen LogP contribution >= 0.6 is 12.2 Å². The van der Waals surface area contributed by atoms with Crippen molar-refractivity contribution in [3.63, 3.8) is 0 Å². The van der Waals surface area contributed by atoms with Crippen molar-refractivity contribution in [2.45, 2.75) is 39.0 Å². The first-order valence-corrected chi connectivity index (χ1v) is 11.5. The van der Waals surface area contributed by atoms with Crippen LogP contribution in [0.3, 0.4) is 0 Å². The molecular formula is C29H23F2NS. The van der Waals surface area contributed by atoms with Gasteiger partial charge in [-0.3, -0.25) is 0 Å². The Labute approximate surface area is 198 Å². The molecule has 0 radical (unpaired) electrons. The minimum absolute atomic E-state index is 0.176. The maximum atomic E-state index is 14.5. The number of benzene rings is 3. The predicted molar refractivity (Wildman–Crippen MR) is 135 cm³/mol. The summed E-state index contributed by atoms with van der Waals surface area (Å²) in [6, 6.07) is 16.2. The quantitative estimate of drug-likeness (QED) is 0.158. The second kappa shape index (κ2) is 10.5. The van der Waals surface area contributed by atoms with Gasteiger partial charge in [-0.2, -0.15) is 4.99 Å². The summed E-state index contributed by atoms with van der Waals surface area (Å²) in [6.45, 7) is 2.16. The Kier molecular flexibility index (Phi) is 7.25. The molecule has 0 aliphatic heterocycles. The van der Waals surface area contributed by atoms with Crippen LogP contribution in [-0.2, 0) is 12.8 Å². The Morgan fingerprint density at radius 1 is 0.909 bits per heavy atom. The zero-order valence-electron chi connectivity index (χ0n) is 18.4. The largest absolute Gasteiger partial charge is 0.206 e. The van der Waals surface area contributed by atoms with Crippen LogP contribution in [0, 0.1) is 23.5 Å². The highest BCUT2D eigenvalue weighted by molar-refractivity contribution is 7.78. The minimum Gasteiger partial charge on any atom is -0.206 e. The minimum atomic E-state index is -0.437. The molecule has 164 valence electrons. The second-order valence-electron chi connectivity index (χ2n) is 8.15. The first-order chi connectivity index (χ1) is 16.1. The fourth-order valence-corrected chi connectivity index (χ4v) is 4.07. The molecule has 0 amide bonds. The van der Waals surface area contributed by atoms with E-state index in [1.165, 1.54) is 6.07 Å². The summed E-state index contributed by atoms with van der Waals surface area (Å²) in [4.78, 5) is 3.72. The van der Waals surface area contributed by atoms with E-state index >= 15 is 0 Å². The molecule has 0 saturated carbocycles. The molecule has 0 bridgehead atoms. The smallest absolute Gasteiger partial charge is 0.150 e. The average Bonchev–Trinajstić information content (AvgIpc) is 3.22. The third-order valence-corrected chi connectivity index (χ3v) is 5.85. The van der Waals surface area contributed by atoms with Crippen molar-refractivity contribution in [3.8, 4) is 23.0 Å². The Bertz CT molecular complexity index is 1340. The van der Waals surface area contributed by atoms with Crippen LogP contribution in [0.1, 0.15) is 48.4 Å². The number of thiocarbonyl (C=S) groups is 1. The average molecular weight is 456 g/mol. The zero-order valence-corrected chi connectivity index (χ0v) is 19.2. The number of aliphatic imine (C=N–C) groups is 1. The molecule has 0 fully saturated rings. The van der Waals surface area contributed by atoms with E-state index in [4.69, 9.17) is 0 Å². The molecule has 3 aromatic carbocycles. The van der Waals surface area contributed by atoms with Gasteiger partial charge in [0.2, 0.25) is 0 Å². The van der Waals surface area contributed by atoms with Crippen molar-refractivity contribution >= 4 is 29.1 Å². The summed E-state index contributed by atoms with van der Waals surface area (Å²) < 4.78 is 28.7. The Morgan fingerprint density at radius 3 is 2.48 bits per heavy atom. The Balaban J connectivity index is 1.48. The standard InChI is InChI=1S/C29H23F2NS/c1-2-3-4-5-20-6-8-22(27(30)16-20)9-7-21-14-23-10-11-24(17-26(23)15-21)25-12-13-29(32-19-33)28(31)18-25/h6,8,10-14,16-18H,2-5,15H2,1H3. The van der Waals surface area contributed by atoms with Gasteiger partial charge in [0.15, 0.2) is 0 Å². The normalized spacial score (nSPS) is 11.8. The Hall–Kier alpha value is -3.38. The van der Waals surface area contributed by atoms with Crippen LogP contribution < -0.4 is 0 Å². The zero-order chi connectivity index (χ0) is 23.2. The molecule has 0 heterocycles. The first kappa shape index (κ1) is 22.8. The van der Waals surface area contributed by atoms with Crippen molar-refractivity contribution in [2.75, 3.05) is 0 Å². The highest BCUT2D eigenvalue weighted by Gasteiger charge is 2.13. The lowest BCUT2D eigenvalue weighted by molar-refractivity contribution is 0.619. The molecule has 4 heteroatoms. The molecule has 0 saturated heterocycles. The summed E-state index contributed by atoms with van der Waals surface area (Å²) in [5.74, 6) is 5.42. The van der Waals surface area contributed by atoms with E-state index in [2.05, 4.69) is 41.1 Å². The summed E-state index contributed by atoms with van der Waals surface area (Å²) in [5.41, 5.74) is 6.42. The van der Waals surface area contributed by atoms with Crippen LogP contribution in [0.2, 0.25) is 0 Å². The number of halogens is 2. The number of fused-ring (bicyclic) bond motifs is 1. The van der Waals surface area contributed by atoms with Gasteiger partial charge < -0.3 is 0 Å². The molecule has 0 unspecified atom stereocenters. The first-order valence-electron chi connectivity index (χ1n) is 11.1. The SMILES string of the molecule is CCCCCc1ccc(C#CC2=Cc3ccc(-c4ccc(N=C=S)c(F)c4)cc3C2)c(F)c1. The molecule has 3 aromatic rings. The van der Waals surface area contributed by atoms with E-state index in [-0.39, 0.29) is 11.5 Å². The molecule has 1 aliphatic rings. The molecule has 0 N–H and O–H groups in total. The lowest BCUT2D eigenvalue weighted by Gasteiger charge is -2.06. The highest BCUT2D eigenvalue weighted by Crippen LogP contribution is 2.31. The monoisotopic (exact) mass is 455 g/mol. The maximum absolute atomic E-state index is 14.5. The van der Waals surface area contributed by atoms with Crippen molar-refractivity contribution in [2.24, 2.45) is 4.99 Å². The van der Waals surface area contributed by atoms with E-state index in [0.717, 1.165) is 59.1 Å². The van der Waals surface area contributed by atoms with Crippen LogP contribution in [0.25, 0.3) is 17.2 Å². The fraction of sp³-hybridized carbons (Fsp3) is 0.207. The predicted octanol–water partition coefficient (Wildman–Crippen LogP) is 8.09. The van der Waals surface area contributed by atoms with Gasteiger partial charge in [-0.15, -0.1) is 0 Å². The summed E-state index contributed by atoms with van der Waals surface area (Å²) in [5, 5.41) is 2.19. The third-order valence-electron chi connectivity index (χ3n) is 5.76. The highest BCUT2D eigenvalue weighted by atomic mass is 32.1. The lowest BCUT2D eigenvalue weighted by Crippen LogP contribution is -1.90. The van der Waals surface area contributed by atoms with Crippen LogP contribution in [0.4, 0.5) is 14.5 Å². The summed E-state index contributed by atoms with van der Waals surface area (Å²) >= 11 is 4.55. The maximum Gasteiger partial charge on any atom is 0.150 e. The van der Waals surface area contributed by atoms with Crippen molar-refractivity contribution in [3.05, 3.63) is 94.1 Å². The van der Waals surface area contributed by atoms with Gasteiger partial charge in [0.25, 0.3) is 0 Å². The Morgan fingerprint density at radius 2 is 1.73 bits per heavy atom. The van der Waals surface area contributed by atoms with E-state index < -0.39 is 5.82 Å². The number of hydrogen-bond acceptors (Lipinski definition) is 2. The molecule has 1 nitrogen and oxygen atoms in total. The van der Waals surface area contributed by atoms with Gasteiger partial charge in [-0.05, 0) is 83.2 Å². The van der Waals surface area contributed by atoms with Crippen molar-refractivity contribution in [1.82, 2.24) is 0 Å². The van der Waals surface area contributed by atoms with Crippen molar-refractivity contribution < 1.29 is 8.78 Å². The number of rotatable bonds is 6. The molecular weight excluding hydrogens is 432 g/mol. The fourth-order valence-electron chi connectivity index (χ4n) is 3.97. The number of nitrogens with zero attached hydrogens (tertiary/aromatic N) is 1. The molecule has 0 aromatic heterocycles. The number of hydrogen-bond donors (Lipinski definition) is 0.